The lowest BCUT2D eigenvalue weighted by Gasteiger charge is -2.33. The number of carbonyl (C=O) groups is 1. The molecule has 0 unspecified atom stereocenters. The standard InChI is InChI=1S/C15H21NO2Si/c1-15(2,3)19(4,5)18-16-13-10-11-8-6-7-9-12(11)14(13)17/h6-9H,10H2,1-5H3/b16-13+. The second kappa shape index (κ2) is 4.60. The number of carbonyl (C=O) groups excluding carboxylic acids is 1. The van der Waals surface area contributed by atoms with E-state index in [0.717, 1.165) is 11.1 Å². The SMILES string of the molecule is CC(C)(C)[Si](C)(C)O/N=C1\Cc2ccccc2C1=O. The molecule has 19 heavy (non-hydrogen) atoms. The van der Waals surface area contributed by atoms with Gasteiger partial charge in [-0.25, -0.2) is 0 Å². The fraction of sp³-hybridized carbons (Fsp3) is 0.467. The van der Waals surface area contributed by atoms with Crippen LogP contribution in [-0.2, 0) is 10.9 Å². The highest BCUT2D eigenvalue weighted by molar-refractivity contribution is 6.74. The second-order valence-electron chi connectivity index (χ2n) is 6.55. The van der Waals surface area contributed by atoms with Gasteiger partial charge in [0.1, 0.15) is 5.71 Å². The van der Waals surface area contributed by atoms with E-state index in [2.05, 4.69) is 39.0 Å². The zero-order chi connectivity index (χ0) is 14.3. The third kappa shape index (κ3) is 2.63. The van der Waals surface area contributed by atoms with Crippen LogP contribution in [0.1, 0.15) is 36.7 Å². The monoisotopic (exact) mass is 275 g/mol. The molecular weight excluding hydrogens is 254 g/mol. The molecule has 0 saturated heterocycles. The Bertz CT molecular complexity index is 541. The van der Waals surface area contributed by atoms with Crippen molar-refractivity contribution in [2.45, 2.75) is 45.3 Å². The fourth-order valence-electron chi connectivity index (χ4n) is 1.69. The third-order valence-corrected chi connectivity index (χ3v) is 8.23. The number of rotatable bonds is 2. The molecule has 1 aliphatic carbocycles. The Morgan fingerprint density at radius 3 is 2.42 bits per heavy atom. The number of fused-ring (bicyclic) bond motifs is 1. The van der Waals surface area contributed by atoms with E-state index in [0.29, 0.717) is 12.1 Å². The lowest BCUT2D eigenvalue weighted by molar-refractivity contribution is 0.106. The summed E-state index contributed by atoms with van der Waals surface area (Å²) < 4.78 is 5.79. The molecule has 0 radical (unpaired) electrons. The van der Waals surface area contributed by atoms with E-state index >= 15 is 0 Å². The number of nitrogens with zero attached hydrogens (tertiary/aromatic N) is 1. The van der Waals surface area contributed by atoms with Crippen LogP contribution >= 0.6 is 0 Å². The summed E-state index contributed by atoms with van der Waals surface area (Å²) in [4.78, 5) is 12.2. The molecule has 4 heteroatoms. The van der Waals surface area contributed by atoms with Crippen LogP contribution in [0.15, 0.2) is 29.4 Å². The van der Waals surface area contributed by atoms with Crippen molar-refractivity contribution in [3.8, 4) is 0 Å². The molecular formula is C15H21NO2Si. The van der Waals surface area contributed by atoms with Crippen molar-refractivity contribution in [3.63, 3.8) is 0 Å². The number of hydrogen-bond acceptors (Lipinski definition) is 3. The zero-order valence-corrected chi connectivity index (χ0v) is 13.3. The molecule has 102 valence electrons. The van der Waals surface area contributed by atoms with E-state index < -0.39 is 8.32 Å². The molecule has 0 bridgehead atoms. The number of oxime groups is 1. The molecule has 1 aromatic rings. The van der Waals surface area contributed by atoms with Crippen LogP contribution in [0.4, 0.5) is 0 Å². The van der Waals surface area contributed by atoms with E-state index in [1.54, 1.807) is 0 Å². The zero-order valence-electron chi connectivity index (χ0n) is 12.3. The van der Waals surface area contributed by atoms with Crippen molar-refractivity contribution >= 4 is 19.8 Å². The summed E-state index contributed by atoms with van der Waals surface area (Å²) in [6.07, 6.45) is 0.587. The summed E-state index contributed by atoms with van der Waals surface area (Å²) in [6.45, 7) is 10.7. The molecule has 0 aromatic heterocycles. The van der Waals surface area contributed by atoms with E-state index in [9.17, 15) is 4.79 Å². The van der Waals surface area contributed by atoms with Crippen LogP contribution in [0.3, 0.4) is 0 Å². The molecule has 0 amide bonds. The number of hydrogen-bond donors (Lipinski definition) is 0. The van der Waals surface area contributed by atoms with Gasteiger partial charge in [0, 0.05) is 12.0 Å². The first-order chi connectivity index (χ1) is 8.72. The van der Waals surface area contributed by atoms with Gasteiger partial charge in [-0.3, -0.25) is 4.79 Å². The molecule has 3 nitrogen and oxygen atoms in total. The summed E-state index contributed by atoms with van der Waals surface area (Å²) in [5.74, 6) is 0.00862. The number of Topliss-reactive ketones (excluding diaryl/α,β-unsaturated/α-hetero) is 1. The Morgan fingerprint density at radius 2 is 1.84 bits per heavy atom. The first kappa shape index (κ1) is 14.0. The van der Waals surface area contributed by atoms with Gasteiger partial charge in [-0.1, -0.05) is 45.0 Å². The van der Waals surface area contributed by atoms with Crippen LogP contribution in [0, 0.1) is 0 Å². The lowest BCUT2D eigenvalue weighted by atomic mass is 10.1. The average molecular weight is 275 g/mol. The van der Waals surface area contributed by atoms with Gasteiger partial charge in [-0.05, 0) is 23.7 Å². The van der Waals surface area contributed by atoms with Gasteiger partial charge in [-0.15, -0.1) is 5.16 Å². The van der Waals surface area contributed by atoms with E-state index in [-0.39, 0.29) is 10.8 Å². The van der Waals surface area contributed by atoms with Crippen LogP contribution in [0.25, 0.3) is 0 Å². The molecule has 2 rings (SSSR count). The van der Waals surface area contributed by atoms with Crippen molar-refractivity contribution in [2.75, 3.05) is 0 Å². The second-order valence-corrected chi connectivity index (χ2v) is 11.3. The van der Waals surface area contributed by atoms with Crippen LogP contribution < -0.4 is 0 Å². The summed E-state index contributed by atoms with van der Waals surface area (Å²) in [5, 5.41) is 4.27. The van der Waals surface area contributed by atoms with Crippen molar-refractivity contribution in [2.24, 2.45) is 5.16 Å². The van der Waals surface area contributed by atoms with E-state index in [1.165, 1.54) is 0 Å². The van der Waals surface area contributed by atoms with Gasteiger partial charge in [0.05, 0.1) is 0 Å². The molecule has 0 spiro atoms. The van der Waals surface area contributed by atoms with Gasteiger partial charge in [0.2, 0.25) is 5.78 Å². The smallest absolute Gasteiger partial charge is 0.286 e. The van der Waals surface area contributed by atoms with Gasteiger partial charge in [-0.2, -0.15) is 0 Å². The Kier molecular flexibility index (Phi) is 3.39. The van der Waals surface area contributed by atoms with Gasteiger partial charge in [0.25, 0.3) is 8.32 Å². The number of benzene rings is 1. The summed E-state index contributed by atoms with van der Waals surface area (Å²) in [7, 11) is -1.95. The molecule has 0 aliphatic heterocycles. The van der Waals surface area contributed by atoms with Crippen LogP contribution in [0.5, 0.6) is 0 Å². The summed E-state index contributed by atoms with van der Waals surface area (Å²) in [5.41, 5.74) is 2.34. The quantitative estimate of drug-likeness (QED) is 0.608. The summed E-state index contributed by atoms with van der Waals surface area (Å²) >= 11 is 0. The molecule has 0 heterocycles. The van der Waals surface area contributed by atoms with Crippen molar-refractivity contribution < 1.29 is 9.32 Å². The highest BCUT2D eigenvalue weighted by atomic mass is 28.4. The molecule has 0 saturated carbocycles. The van der Waals surface area contributed by atoms with Gasteiger partial charge < -0.3 is 4.53 Å². The van der Waals surface area contributed by atoms with Crippen LogP contribution in [0.2, 0.25) is 18.1 Å². The first-order valence-electron chi connectivity index (χ1n) is 6.60. The van der Waals surface area contributed by atoms with Crippen molar-refractivity contribution in [1.82, 2.24) is 0 Å². The highest BCUT2D eigenvalue weighted by Gasteiger charge is 2.40. The topological polar surface area (TPSA) is 38.7 Å². The Morgan fingerprint density at radius 1 is 1.21 bits per heavy atom. The fourth-order valence-corrected chi connectivity index (χ4v) is 2.30. The minimum Gasteiger partial charge on any atom is -0.454 e. The Balaban J connectivity index is 2.19. The molecule has 0 atom stereocenters. The van der Waals surface area contributed by atoms with Crippen molar-refractivity contribution in [1.29, 1.82) is 0 Å². The molecule has 1 aliphatic rings. The first-order valence-corrected chi connectivity index (χ1v) is 9.51. The largest absolute Gasteiger partial charge is 0.454 e. The minimum atomic E-state index is -1.95. The predicted octanol–water partition coefficient (Wildman–Crippen LogP) is 3.80. The highest BCUT2D eigenvalue weighted by Crippen LogP contribution is 2.36. The maximum absolute atomic E-state index is 12.2. The summed E-state index contributed by atoms with van der Waals surface area (Å²) in [6, 6.07) is 7.66. The maximum Gasteiger partial charge on any atom is 0.286 e. The van der Waals surface area contributed by atoms with Gasteiger partial charge >= 0.3 is 0 Å². The minimum absolute atomic E-state index is 0.00862. The molecule has 1 aromatic carbocycles. The van der Waals surface area contributed by atoms with Crippen molar-refractivity contribution in [3.05, 3.63) is 35.4 Å². The molecule has 0 fully saturated rings. The van der Waals surface area contributed by atoms with Gasteiger partial charge in [0.15, 0.2) is 0 Å². The Labute approximate surface area is 115 Å². The van der Waals surface area contributed by atoms with Crippen LogP contribution in [-0.4, -0.2) is 19.8 Å². The average Bonchev–Trinajstić information content (AvgIpc) is 2.63. The lowest BCUT2D eigenvalue weighted by Crippen LogP contribution is -2.39. The normalized spacial score (nSPS) is 17.7. The third-order valence-electron chi connectivity index (χ3n) is 4.07. The number of ketones is 1. The molecule has 0 N–H and O–H groups in total. The van der Waals surface area contributed by atoms with E-state index in [1.807, 2.05) is 24.3 Å². The van der Waals surface area contributed by atoms with E-state index in [4.69, 9.17) is 4.53 Å². The maximum atomic E-state index is 12.2. The predicted molar refractivity (Wildman–Crippen MR) is 80.2 cm³/mol. The Hall–Kier alpha value is -1.42.